The molecule has 0 aromatic rings. The standard InChI is InChI=1S/3C4H9O.C3H4F3O.Sn/c3*1-4(2,3)5;1-7-2-3(4,5)6;/h3*1-3H3;1-2H2;/q3*-1;;+3. The summed E-state index contributed by atoms with van der Waals surface area (Å²) in [6.07, 6.45) is -4.40. The molecule has 0 aliphatic heterocycles. The number of halogens is 3. The van der Waals surface area contributed by atoms with Gasteiger partial charge in [0.05, 0.1) is 0 Å². The van der Waals surface area contributed by atoms with Gasteiger partial charge in [0.1, 0.15) is 0 Å². The summed E-state index contributed by atoms with van der Waals surface area (Å²) < 4.78 is 60.1. The van der Waals surface area contributed by atoms with E-state index < -0.39 is 49.2 Å². The zero-order chi connectivity index (χ0) is 18.7. The predicted octanol–water partition coefficient (Wildman–Crippen LogP) is 4.49. The van der Waals surface area contributed by atoms with Gasteiger partial charge in [-0.3, -0.25) is 0 Å². The Bertz CT molecular complexity index is 324. The van der Waals surface area contributed by atoms with Gasteiger partial charge in [-0.05, 0) is 0 Å². The summed E-state index contributed by atoms with van der Waals surface area (Å²) in [6, 6.07) is 0. The van der Waals surface area contributed by atoms with Crippen LogP contribution in [0.15, 0.2) is 0 Å². The first kappa shape index (κ1) is 23.4. The Kier molecular flexibility index (Phi) is 7.91. The molecule has 0 radical (unpaired) electrons. The van der Waals surface area contributed by atoms with Crippen molar-refractivity contribution in [2.24, 2.45) is 0 Å². The number of hydrogen-bond donors (Lipinski definition) is 0. The van der Waals surface area contributed by atoms with Crippen molar-refractivity contribution in [1.82, 2.24) is 0 Å². The average molecular weight is 451 g/mol. The fraction of sp³-hybridized carbons (Fsp3) is 1.00. The van der Waals surface area contributed by atoms with Gasteiger partial charge in [0.2, 0.25) is 0 Å². The van der Waals surface area contributed by atoms with E-state index in [1.165, 1.54) is 0 Å². The summed E-state index contributed by atoms with van der Waals surface area (Å²) in [5, 5.41) is 0. The molecule has 0 saturated heterocycles. The van der Waals surface area contributed by atoms with E-state index in [1.807, 2.05) is 62.3 Å². The van der Waals surface area contributed by atoms with Crippen LogP contribution in [-0.2, 0) is 14.0 Å². The minimum absolute atomic E-state index is 0.292. The molecule has 0 aromatic heterocycles. The van der Waals surface area contributed by atoms with Gasteiger partial charge in [-0.25, -0.2) is 0 Å². The van der Waals surface area contributed by atoms with Crippen LogP contribution in [0.4, 0.5) is 13.2 Å². The molecule has 0 rings (SSSR count). The average Bonchev–Trinajstić information content (AvgIpc) is 2.03. The van der Waals surface area contributed by atoms with Crippen molar-refractivity contribution in [3.05, 3.63) is 0 Å². The number of alkyl halides is 3. The molecule has 0 fully saturated rings. The minimum atomic E-state index is -4.43. The summed E-state index contributed by atoms with van der Waals surface area (Å²) in [6.45, 7) is 15.0. The van der Waals surface area contributed by atoms with Crippen molar-refractivity contribution in [3.8, 4) is 0 Å². The predicted molar refractivity (Wildman–Crippen MR) is 85.1 cm³/mol. The third-order valence-electron chi connectivity index (χ3n) is 1.93. The maximum absolute atomic E-state index is 12.4. The first-order valence-electron chi connectivity index (χ1n) is 7.58. The second-order valence-corrected chi connectivity index (χ2v) is 14.9. The molecular formula is C15H31F3O4Sn. The van der Waals surface area contributed by atoms with E-state index in [1.54, 1.807) is 0 Å². The Morgan fingerprint density at radius 1 is 0.652 bits per heavy atom. The van der Waals surface area contributed by atoms with Gasteiger partial charge >= 0.3 is 143 Å². The van der Waals surface area contributed by atoms with Crippen molar-refractivity contribution in [2.75, 3.05) is 11.2 Å². The van der Waals surface area contributed by atoms with Crippen LogP contribution in [0.2, 0.25) is 0 Å². The topological polar surface area (TPSA) is 36.9 Å². The maximum atomic E-state index is 12.4. The van der Waals surface area contributed by atoms with E-state index in [-0.39, 0.29) is 4.62 Å². The summed E-state index contributed by atoms with van der Waals surface area (Å²) >= 11 is -4.43. The van der Waals surface area contributed by atoms with Gasteiger partial charge in [0, 0.05) is 0 Å². The molecule has 0 amide bonds. The number of hydrogen-bond acceptors (Lipinski definition) is 4. The van der Waals surface area contributed by atoms with Crippen LogP contribution in [0.1, 0.15) is 62.3 Å². The van der Waals surface area contributed by atoms with E-state index in [9.17, 15) is 13.2 Å². The van der Waals surface area contributed by atoms with E-state index >= 15 is 0 Å². The summed E-state index contributed by atoms with van der Waals surface area (Å²) in [4.78, 5) is 0. The van der Waals surface area contributed by atoms with Gasteiger partial charge in [-0.2, -0.15) is 0 Å². The summed E-state index contributed by atoms with van der Waals surface area (Å²) in [5.41, 5.74) is -1.85. The monoisotopic (exact) mass is 452 g/mol. The second-order valence-electron chi connectivity index (χ2n) is 8.43. The van der Waals surface area contributed by atoms with Crippen LogP contribution >= 0.6 is 0 Å². The Hall–Kier alpha value is 0.429. The van der Waals surface area contributed by atoms with Crippen LogP contribution in [0.3, 0.4) is 0 Å². The number of rotatable bonds is 6. The quantitative estimate of drug-likeness (QED) is 0.558. The third-order valence-corrected chi connectivity index (χ3v) is 11.4. The van der Waals surface area contributed by atoms with E-state index in [4.69, 9.17) is 14.0 Å². The Balaban J connectivity index is 5.45. The molecule has 0 saturated carbocycles. The van der Waals surface area contributed by atoms with Crippen LogP contribution in [0.5, 0.6) is 0 Å². The second kappa shape index (κ2) is 7.76. The molecule has 0 aliphatic rings. The molecule has 0 heterocycles. The molecule has 0 N–H and O–H groups in total. The fourth-order valence-electron chi connectivity index (χ4n) is 1.84. The van der Waals surface area contributed by atoms with Crippen molar-refractivity contribution in [3.63, 3.8) is 0 Å². The van der Waals surface area contributed by atoms with Gasteiger partial charge < -0.3 is 0 Å². The third kappa shape index (κ3) is 13.4. The molecule has 23 heavy (non-hydrogen) atoms. The zero-order valence-electron chi connectivity index (χ0n) is 15.7. The van der Waals surface area contributed by atoms with Crippen molar-refractivity contribution in [2.45, 2.75) is 85.3 Å². The SMILES string of the molecule is CC(C)(C)[O][Sn]([CH2]OCC(F)(F)F)([O]C(C)(C)C)[O]C(C)(C)C. The van der Waals surface area contributed by atoms with Crippen molar-refractivity contribution < 1.29 is 27.1 Å². The Morgan fingerprint density at radius 3 is 1.17 bits per heavy atom. The van der Waals surface area contributed by atoms with E-state index in [0.29, 0.717) is 0 Å². The number of ether oxygens (including phenoxy) is 1. The zero-order valence-corrected chi connectivity index (χ0v) is 18.5. The Labute approximate surface area is 143 Å². The van der Waals surface area contributed by atoms with Crippen LogP contribution in [0, 0.1) is 0 Å². The molecule has 0 bridgehead atoms. The molecule has 4 nitrogen and oxygen atoms in total. The molecule has 140 valence electrons. The van der Waals surface area contributed by atoms with Crippen LogP contribution in [-0.4, -0.2) is 53.8 Å². The normalized spacial score (nSPS) is 15.1. The Morgan fingerprint density at radius 2 is 0.957 bits per heavy atom. The first-order valence-corrected chi connectivity index (χ1v) is 13.1. The van der Waals surface area contributed by atoms with Gasteiger partial charge in [0.25, 0.3) is 0 Å². The van der Waals surface area contributed by atoms with Gasteiger partial charge in [-0.15, -0.1) is 0 Å². The van der Waals surface area contributed by atoms with Crippen LogP contribution < -0.4 is 0 Å². The van der Waals surface area contributed by atoms with Gasteiger partial charge in [0.15, 0.2) is 0 Å². The van der Waals surface area contributed by atoms with Crippen molar-refractivity contribution >= 4 is 19.6 Å². The fourth-order valence-corrected chi connectivity index (χ4v) is 11.7. The summed E-state index contributed by atoms with van der Waals surface area (Å²) in [7, 11) is 0. The summed E-state index contributed by atoms with van der Waals surface area (Å²) in [5.74, 6) is 0. The first-order chi connectivity index (χ1) is 9.83. The molecular weight excluding hydrogens is 420 g/mol. The van der Waals surface area contributed by atoms with Gasteiger partial charge in [-0.1, -0.05) is 0 Å². The molecule has 8 heteroatoms. The molecule has 0 unspecified atom stereocenters. The van der Waals surface area contributed by atoms with Crippen LogP contribution in [0.25, 0.3) is 0 Å². The molecule has 0 atom stereocenters. The molecule has 0 spiro atoms. The van der Waals surface area contributed by atoms with E-state index in [0.717, 1.165) is 0 Å². The molecule has 0 aromatic carbocycles. The van der Waals surface area contributed by atoms with E-state index in [2.05, 4.69) is 0 Å². The molecule has 0 aliphatic carbocycles. The van der Waals surface area contributed by atoms with Crippen molar-refractivity contribution in [1.29, 1.82) is 0 Å².